The van der Waals surface area contributed by atoms with Crippen LogP contribution in [0.1, 0.15) is 26.2 Å². The molecule has 0 rings (SSSR count). The Morgan fingerprint density at radius 1 is 1.00 bits per heavy atom. The van der Waals surface area contributed by atoms with Gasteiger partial charge in [-0.2, -0.15) is 0 Å². The van der Waals surface area contributed by atoms with Crippen LogP contribution in [-0.2, 0) is 17.7 Å². The predicted molar refractivity (Wildman–Crippen MR) is 61.4 cm³/mol. The maximum absolute atomic E-state index is 5.50. The Labute approximate surface area is 93.7 Å². The summed E-state index contributed by atoms with van der Waals surface area (Å²) in [6.45, 7) is 2.71. The van der Waals surface area contributed by atoms with Crippen LogP contribution in [0.4, 0.5) is 0 Å². The van der Waals surface area contributed by atoms with Gasteiger partial charge in [-0.25, -0.2) is 0 Å². The summed E-state index contributed by atoms with van der Waals surface area (Å²) in [7, 11) is 1.80. The van der Waals surface area contributed by atoms with E-state index in [1.165, 1.54) is 21.3 Å². The topological polar surface area (TPSA) is 36.9 Å². The van der Waals surface area contributed by atoms with Crippen LogP contribution in [0.2, 0.25) is 0 Å². The van der Waals surface area contributed by atoms with Gasteiger partial charge in [-0.3, -0.25) is 0 Å². The molecule has 0 fully saturated rings. The molecule has 0 aromatic rings. The van der Waals surface area contributed by atoms with Crippen molar-refractivity contribution in [1.82, 2.24) is 0 Å². The summed E-state index contributed by atoms with van der Waals surface area (Å²) in [6, 6.07) is 0. The summed E-state index contributed by atoms with van der Waals surface area (Å²) < 4.78 is 20.9. The summed E-state index contributed by atoms with van der Waals surface area (Å²) in [5.41, 5.74) is 0. The van der Waals surface area contributed by atoms with Crippen molar-refractivity contribution < 1.29 is 17.7 Å². The van der Waals surface area contributed by atoms with E-state index in [2.05, 4.69) is 19.1 Å². The minimum absolute atomic E-state index is 0.593. The normalized spacial score (nSPS) is 12.5. The summed E-state index contributed by atoms with van der Waals surface area (Å²) in [5.74, 6) is 0. The van der Waals surface area contributed by atoms with E-state index in [1.807, 2.05) is 0 Å². The highest BCUT2D eigenvalue weighted by Gasteiger charge is 2.41. The van der Waals surface area contributed by atoms with E-state index in [1.54, 1.807) is 0 Å². The molecule has 0 aliphatic carbocycles. The van der Waals surface area contributed by atoms with Crippen LogP contribution in [0.5, 0.6) is 0 Å². The Kier molecular flexibility index (Phi) is 8.93. The molecule has 0 atom stereocenters. The Morgan fingerprint density at radius 2 is 1.60 bits per heavy atom. The smallest absolute Gasteiger partial charge is 0.355 e. The molecule has 0 aliphatic heterocycles. The van der Waals surface area contributed by atoms with Crippen molar-refractivity contribution in [2.45, 2.75) is 26.2 Å². The monoisotopic (exact) mass is 234 g/mol. The number of allylic oxidation sites excluding steroid dienone is 2. The van der Waals surface area contributed by atoms with E-state index in [0.717, 1.165) is 19.3 Å². The van der Waals surface area contributed by atoms with Crippen molar-refractivity contribution in [3.8, 4) is 0 Å². The van der Waals surface area contributed by atoms with Crippen molar-refractivity contribution in [3.63, 3.8) is 0 Å². The molecule has 0 aliphatic rings. The Bertz CT molecular complexity index is 161. The van der Waals surface area contributed by atoms with Crippen LogP contribution in [-0.4, -0.2) is 37.0 Å². The molecule has 0 N–H and O–H groups in total. The van der Waals surface area contributed by atoms with Gasteiger partial charge in [0.1, 0.15) is 0 Å². The number of rotatable bonds is 9. The molecule has 0 aromatic heterocycles. The number of unbranched alkanes of at least 4 members (excludes halogenated alkanes) is 1. The van der Waals surface area contributed by atoms with Gasteiger partial charge in [-0.1, -0.05) is 19.1 Å². The zero-order valence-corrected chi connectivity index (χ0v) is 11.1. The highest BCUT2D eigenvalue weighted by Crippen LogP contribution is 2.08. The van der Waals surface area contributed by atoms with Gasteiger partial charge in [-0.05, 0) is 19.3 Å². The van der Waals surface area contributed by atoms with Crippen LogP contribution >= 0.6 is 0 Å². The van der Waals surface area contributed by atoms with E-state index in [0.29, 0.717) is 6.61 Å². The second kappa shape index (κ2) is 9.05. The van der Waals surface area contributed by atoms with Crippen molar-refractivity contribution >= 4 is 9.05 Å². The summed E-state index contributed by atoms with van der Waals surface area (Å²) in [6.07, 6.45) is 7.33. The second-order valence-electron chi connectivity index (χ2n) is 2.98. The SMILES string of the molecule is CCC=CCCCO[Si](OC)(OC)OC. The zero-order chi connectivity index (χ0) is 11.6. The molecule has 0 amide bonds. The largest absolute Gasteiger partial charge is 0.678 e. The number of hydrogen-bond acceptors (Lipinski definition) is 4. The third kappa shape index (κ3) is 6.06. The van der Waals surface area contributed by atoms with Gasteiger partial charge >= 0.3 is 9.05 Å². The first kappa shape index (κ1) is 14.8. The van der Waals surface area contributed by atoms with Gasteiger partial charge in [0.25, 0.3) is 0 Å². The molecule has 5 heteroatoms. The Balaban J connectivity index is 3.67. The summed E-state index contributed by atoms with van der Waals surface area (Å²) in [4.78, 5) is 0. The first-order valence-corrected chi connectivity index (χ1v) is 6.82. The third-order valence-corrected chi connectivity index (χ3v) is 4.00. The van der Waals surface area contributed by atoms with Crippen LogP contribution < -0.4 is 0 Å². The molecule has 0 heterocycles. The highest BCUT2D eigenvalue weighted by atomic mass is 28.4. The molecule has 15 heavy (non-hydrogen) atoms. The molecule has 0 aromatic carbocycles. The lowest BCUT2D eigenvalue weighted by Crippen LogP contribution is -2.46. The van der Waals surface area contributed by atoms with Crippen molar-refractivity contribution in [1.29, 1.82) is 0 Å². The lowest BCUT2D eigenvalue weighted by molar-refractivity contribution is 0.00554. The molecule has 0 unspecified atom stereocenters. The summed E-state index contributed by atoms with van der Waals surface area (Å²) in [5, 5.41) is 0. The first-order valence-electron chi connectivity index (χ1n) is 5.19. The van der Waals surface area contributed by atoms with Crippen LogP contribution in [0, 0.1) is 0 Å². The fourth-order valence-electron chi connectivity index (χ4n) is 1.11. The Morgan fingerprint density at radius 3 is 2.07 bits per heavy atom. The molecule has 0 saturated heterocycles. The maximum atomic E-state index is 5.50. The molecular weight excluding hydrogens is 212 g/mol. The van der Waals surface area contributed by atoms with Gasteiger partial charge in [0, 0.05) is 27.9 Å². The quantitative estimate of drug-likeness (QED) is 0.348. The van der Waals surface area contributed by atoms with Gasteiger partial charge in [0.2, 0.25) is 0 Å². The van der Waals surface area contributed by atoms with Crippen LogP contribution in [0.15, 0.2) is 12.2 Å². The summed E-state index contributed by atoms with van der Waals surface area (Å²) >= 11 is 0. The number of hydrogen-bond donors (Lipinski definition) is 0. The van der Waals surface area contributed by atoms with Crippen molar-refractivity contribution in [2.75, 3.05) is 27.9 Å². The molecule has 4 nitrogen and oxygen atoms in total. The van der Waals surface area contributed by atoms with E-state index in [-0.39, 0.29) is 0 Å². The van der Waals surface area contributed by atoms with Gasteiger partial charge in [0.15, 0.2) is 0 Å². The Hall–Kier alpha value is -0.203. The molecular formula is C10H22O4Si. The predicted octanol–water partition coefficient (Wildman–Crippen LogP) is 2.12. The van der Waals surface area contributed by atoms with Crippen LogP contribution in [0.3, 0.4) is 0 Å². The van der Waals surface area contributed by atoms with E-state index >= 15 is 0 Å². The third-order valence-electron chi connectivity index (χ3n) is 1.95. The lowest BCUT2D eigenvalue weighted by Gasteiger charge is -2.22. The average Bonchev–Trinajstić information content (AvgIpc) is 2.29. The molecule has 90 valence electrons. The van der Waals surface area contributed by atoms with Crippen molar-refractivity contribution in [2.24, 2.45) is 0 Å². The maximum Gasteiger partial charge on any atom is 0.678 e. The zero-order valence-electron chi connectivity index (χ0n) is 10.1. The van der Waals surface area contributed by atoms with Gasteiger partial charge in [0.05, 0.1) is 0 Å². The van der Waals surface area contributed by atoms with E-state index in [9.17, 15) is 0 Å². The second-order valence-corrected chi connectivity index (χ2v) is 5.50. The average molecular weight is 234 g/mol. The minimum atomic E-state index is -2.81. The molecule has 0 radical (unpaired) electrons. The molecule has 0 bridgehead atoms. The van der Waals surface area contributed by atoms with E-state index < -0.39 is 9.05 Å². The lowest BCUT2D eigenvalue weighted by atomic mass is 10.3. The van der Waals surface area contributed by atoms with Gasteiger partial charge in [-0.15, -0.1) is 0 Å². The van der Waals surface area contributed by atoms with Crippen LogP contribution in [0.25, 0.3) is 0 Å². The van der Waals surface area contributed by atoms with Gasteiger partial charge < -0.3 is 17.7 Å². The molecule has 0 saturated carbocycles. The first-order chi connectivity index (χ1) is 7.24. The minimum Gasteiger partial charge on any atom is -0.355 e. The standard InChI is InChI=1S/C10H22O4Si/c1-5-6-7-8-9-10-14-15(11-2,12-3)13-4/h6-7H,5,8-10H2,1-4H3. The fourth-order valence-corrected chi connectivity index (χ4v) is 2.36. The molecule has 0 spiro atoms. The highest BCUT2D eigenvalue weighted by molar-refractivity contribution is 6.53. The fraction of sp³-hybridized carbons (Fsp3) is 0.800. The van der Waals surface area contributed by atoms with E-state index in [4.69, 9.17) is 17.7 Å². The van der Waals surface area contributed by atoms with Crippen molar-refractivity contribution in [3.05, 3.63) is 12.2 Å².